The number of alkyl halides is 3. The van der Waals surface area contributed by atoms with E-state index < -0.39 is 11.7 Å². The molecule has 1 amide bonds. The van der Waals surface area contributed by atoms with Crippen molar-refractivity contribution in [2.45, 2.75) is 12.7 Å². The maximum absolute atomic E-state index is 12.7. The molecule has 5 nitrogen and oxygen atoms in total. The summed E-state index contributed by atoms with van der Waals surface area (Å²) in [7, 11) is 0. The molecule has 8 heteroatoms. The fourth-order valence-corrected chi connectivity index (χ4v) is 2.48. The number of hydrogen-bond acceptors (Lipinski definition) is 4. The molecule has 0 saturated heterocycles. The van der Waals surface area contributed by atoms with Gasteiger partial charge in [-0.2, -0.15) is 13.2 Å². The first-order valence-electron chi connectivity index (χ1n) is 7.98. The van der Waals surface area contributed by atoms with Crippen LogP contribution in [-0.2, 0) is 17.5 Å². The van der Waals surface area contributed by atoms with E-state index in [9.17, 15) is 18.0 Å². The SMILES string of the molecule is O=CN(c1ccc(C(F)(F)F)cc1)c1cccnc1NCc1ccncc1. The molecule has 138 valence electrons. The van der Waals surface area contributed by atoms with Crippen molar-refractivity contribution in [3.8, 4) is 0 Å². The zero-order valence-electron chi connectivity index (χ0n) is 14.0. The van der Waals surface area contributed by atoms with E-state index >= 15 is 0 Å². The van der Waals surface area contributed by atoms with Gasteiger partial charge in [0.15, 0.2) is 5.82 Å². The number of hydrogen-bond donors (Lipinski definition) is 1. The predicted octanol–water partition coefficient (Wildman–Crippen LogP) is 4.40. The normalized spacial score (nSPS) is 11.1. The van der Waals surface area contributed by atoms with Gasteiger partial charge in [0.25, 0.3) is 0 Å². The lowest BCUT2D eigenvalue weighted by Crippen LogP contribution is -2.17. The zero-order chi connectivity index (χ0) is 19.3. The van der Waals surface area contributed by atoms with Crippen molar-refractivity contribution in [3.05, 3.63) is 78.2 Å². The fraction of sp³-hybridized carbons (Fsp3) is 0.105. The average molecular weight is 372 g/mol. The van der Waals surface area contributed by atoms with E-state index in [1.807, 2.05) is 12.1 Å². The van der Waals surface area contributed by atoms with Gasteiger partial charge in [-0.25, -0.2) is 4.98 Å². The molecule has 0 spiro atoms. The van der Waals surface area contributed by atoms with Crippen LogP contribution in [0.15, 0.2) is 67.1 Å². The first-order chi connectivity index (χ1) is 13.0. The summed E-state index contributed by atoms with van der Waals surface area (Å²) in [6.07, 6.45) is 0.994. The van der Waals surface area contributed by atoms with Gasteiger partial charge in [0.2, 0.25) is 6.41 Å². The van der Waals surface area contributed by atoms with Crippen LogP contribution in [0, 0.1) is 0 Å². The number of pyridine rings is 2. The summed E-state index contributed by atoms with van der Waals surface area (Å²) in [5.74, 6) is 0.432. The molecule has 2 heterocycles. The molecule has 1 aromatic carbocycles. The number of anilines is 3. The Morgan fingerprint density at radius 3 is 2.33 bits per heavy atom. The van der Waals surface area contributed by atoms with E-state index in [-0.39, 0.29) is 0 Å². The van der Waals surface area contributed by atoms with Gasteiger partial charge in [-0.15, -0.1) is 0 Å². The fourth-order valence-electron chi connectivity index (χ4n) is 2.48. The molecule has 0 fully saturated rings. The molecule has 0 radical (unpaired) electrons. The van der Waals surface area contributed by atoms with Crippen molar-refractivity contribution >= 4 is 23.6 Å². The molecule has 1 N–H and O–H groups in total. The maximum Gasteiger partial charge on any atom is 0.416 e. The van der Waals surface area contributed by atoms with Crippen LogP contribution >= 0.6 is 0 Å². The summed E-state index contributed by atoms with van der Waals surface area (Å²) in [6, 6.07) is 11.3. The molecule has 0 bridgehead atoms. The highest BCUT2D eigenvalue weighted by Crippen LogP contribution is 2.33. The van der Waals surface area contributed by atoms with Gasteiger partial charge in [0.1, 0.15) is 0 Å². The van der Waals surface area contributed by atoms with Crippen LogP contribution in [0.3, 0.4) is 0 Å². The molecule has 0 aliphatic heterocycles. The Morgan fingerprint density at radius 2 is 1.70 bits per heavy atom. The average Bonchev–Trinajstić information content (AvgIpc) is 2.68. The van der Waals surface area contributed by atoms with Crippen LogP contribution in [0.2, 0.25) is 0 Å². The predicted molar refractivity (Wildman–Crippen MR) is 95.4 cm³/mol. The minimum Gasteiger partial charge on any atom is -0.364 e. The summed E-state index contributed by atoms with van der Waals surface area (Å²) in [5.41, 5.74) is 0.924. The summed E-state index contributed by atoms with van der Waals surface area (Å²) in [5, 5.41) is 3.13. The summed E-state index contributed by atoms with van der Waals surface area (Å²) in [6.45, 7) is 0.451. The van der Waals surface area contributed by atoms with Crippen LogP contribution < -0.4 is 10.2 Å². The molecule has 3 rings (SSSR count). The number of benzene rings is 1. The molecule has 0 aliphatic carbocycles. The number of halogens is 3. The Labute approximate surface area is 153 Å². The number of carbonyl (C=O) groups is 1. The van der Waals surface area contributed by atoms with Gasteiger partial charge < -0.3 is 5.32 Å². The van der Waals surface area contributed by atoms with Gasteiger partial charge in [-0.05, 0) is 54.1 Å². The van der Waals surface area contributed by atoms with Crippen LogP contribution in [0.5, 0.6) is 0 Å². The number of aromatic nitrogens is 2. The van der Waals surface area contributed by atoms with E-state index in [1.54, 1.807) is 30.7 Å². The van der Waals surface area contributed by atoms with Gasteiger partial charge in [-0.3, -0.25) is 14.7 Å². The number of rotatable bonds is 6. The van der Waals surface area contributed by atoms with Crippen LogP contribution in [0.4, 0.5) is 30.4 Å². The number of carbonyl (C=O) groups excluding carboxylic acids is 1. The monoisotopic (exact) mass is 372 g/mol. The molecule has 27 heavy (non-hydrogen) atoms. The Morgan fingerprint density at radius 1 is 1.00 bits per heavy atom. The third-order valence-corrected chi connectivity index (χ3v) is 3.83. The maximum atomic E-state index is 12.7. The lowest BCUT2D eigenvalue weighted by atomic mass is 10.2. The largest absolute Gasteiger partial charge is 0.416 e. The summed E-state index contributed by atoms with van der Waals surface area (Å²) in [4.78, 5) is 21.1. The molecule has 3 aromatic rings. The number of nitrogens with zero attached hydrogens (tertiary/aromatic N) is 3. The third kappa shape index (κ3) is 4.41. The standard InChI is InChI=1S/C19H15F3N4O/c20-19(21,22)15-3-5-16(6-4-15)26(13-27)17-2-1-9-24-18(17)25-12-14-7-10-23-11-8-14/h1-11,13H,12H2,(H,24,25). The Kier molecular flexibility index (Phi) is 5.35. The van der Waals surface area contributed by atoms with Crippen LogP contribution in [0.25, 0.3) is 0 Å². The molecular weight excluding hydrogens is 357 g/mol. The topological polar surface area (TPSA) is 58.1 Å². The van der Waals surface area contributed by atoms with Gasteiger partial charge in [-0.1, -0.05) is 0 Å². The van der Waals surface area contributed by atoms with E-state index in [0.717, 1.165) is 17.7 Å². The Balaban J connectivity index is 1.86. The molecule has 2 aromatic heterocycles. The molecule has 0 saturated carbocycles. The first-order valence-corrected chi connectivity index (χ1v) is 7.98. The molecule has 0 unspecified atom stereocenters. The van der Waals surface area contributed by atoms with E-state index in [0.29, 0.717) is 30.1 Å². The van der Waals surface area contributed by atoms with Crippen molar-refractivity contribution in [2.24, 2.45) is 0 Å². The van der Waals surface area contributed by atoms with Gasteiger partial charge in [0, 0.05) is 30.8 Å². The van der Waals surface area contributed by atoms with E-state index in [1.165, 1.54) is 17.0 Å². The minimum absolute atomic E-state index is 0.304. The smallest absolute Gasteiger partial charge is 0.364 e. The van der Waals surface area contributed by atoms with E-state index in [4.69, 9.17) is 0 Å². The molecular formula is C19H15F3N4O. The second-order valence-corrected chi connectivity index (χ2v) is 5.60. The van der Waals surface area contributed by atoms with Gasteiger partial charge in [0.05, 0.1) is 11.3 Å². The van der Waals surface area contributed by atoms with Crippen molar-refractivity contribution in [2.75, 3.05) is 10.2 Å². The third-order valence-electron chi connectivity index (χ3n) is 3.83. The summed E-state index contributed by atoms with van der Waals surface area (Å²) >= 11 is 0. The van der Waals surface area contributed by atoms with Crippen LogP contribution in [-0.4, -0.2) is 16.4 Å². The van der Waals surface area contributed by atoms with Crippen molar-refractivity contribution in [3.63, 3.8) is 0 Å². The van der Waals surface area contributed by atoms with Crippen LogP contribution in [0.1, 0.15) is 11.1 Å². The zero-order valence-corrected chi connectivity index (χ0v) is 14.0. The van der Waals surface area contributed by atoms with Gasteiger partial charge >= 0.3 is 6.18 Å². The number of nitrogens with one attached hydrogen (secondary N) is 1. The highest BCUT2D eigenvalue weighted by molar-refractivity contribution is 5.90. The minimum atomic E-state index is -4.43. The Bertz CT molecular complexity index is 899. The van der Waals surface area contributed by atoms with Crippen molar-refractivity contribution in [1.82, 2.24) is 9.97 Å². The van der Waals surface area contributed by atoms with E-state index in [2.05, 4.69) is 15.3 Å². The Hall–Kier alpha value is -3.42. The molecule has 0 aliphatic rings. The lowest BCUT2D eigenvalue weighted by Gasteiger charge is -2.21. The number of amides is 1. The summed E-state index contributed by atoms with van der Waals surface area (Å²) < 4.78 is 38.2. The van der Waals surface area contributed by atoms with Crippen molar-refractivity contribution < 1.29 is 18.0 Å². The quantitative estimate of drug-likeness (QED) is 0.652. The second-order valence-electron chi connectivity index (χ2n) is 5.60. The highest BCUT2D eigenvalue weighted by atomic mass is 19.4. The lowest BCUT2D eigenvalue weighted by molar-refractivity contribution is -0.137. The molecule has 0 atom stereocenters. The second kappa shape index (κ2) is 7.86. The highest BCUT2D eigenvalue weighted by Gasteiger charge is 2.30. The first kappa shape index (κ1) is 18.4. The van der Waals surface area contributed by atoms with Crippen molar-refractivity contribution in [1.29, 1.82) is 0 Å².